The highest BCUT2D eigenvalue weighted by Gasteiger charge is 2.31. The van der Waals surface area contributed by atoms with Crippen molar-refractivity contribution < 1.29 is 0 Å². The Kier molecular flexibility index (Phi) is 3.66. The molecule has 3 rings (SSSR count). The highest BCUT2D eigenvalue weighted by Crippen LogP contribution is 2.37. The molecular formula is C16H23N5. The first kappa shape index (κ1) is 14.0. The second kappa shape index (κ2) is 5.47. The first-order chi connectivity index (χ1) is 10.1. The molecule has 0 radical (unpaired) electrons. The minimum absolute atomic E-state index is 0.346. The van der Waals surface area contributed by atoms with Crippen LogP contribution in [0.2, 0.25) is 0 Å². The highest BCUT2D eigenvalue weighted by atomic mass is 15.5. The fourth-order valence-electron chi connectivity index (χ4n) is 3.16. The summed E-state index contributed by atoms with van der Waals surface area (Å²) in [6.07, 6.45) is 5.18. The summed E-state index contributed by atoms with van der Waals surface area (Å²) in [4.78, 5) is 0. The molecule has 1 heterocycles. The molecule has 1 saturated carbocycles. The van der Waals surface area contributed by atoms with E-state index in [4.69, 9.17) is 0 Å². The first-order valence-corrected chi connectivity index (χ1v) is 7.68. The molecular weight excluding hydrogens is 262 g/mol. The summed E-state index contributed by atoms with van der Waals surface area (Å²) in [5.41, 5.74) is 2.48. The van der Waals surface area contributed by atoms with Crippen molar-refractivity contribution in [1.82, 2.24) is 20.2 Å². The van der Waals surface area contributed by atoms with Crippen molar-refractivity contribution >= 4 is 5.69 Å². The van der Waals surface area contributed by atoms with Gasteiger partial charge >= 0.3 is 0 Å². The molecule has 0 amide bonds. The monoisotopic (exact) mass is 285 g/mol. The molecule has 0 spiro atoms. The van der Waals surface area contributed by atoms with Gasteiger partial charge in [-0.25, -0.2) is 0 Å². The second-order valence-corrected chi connectivity index (χ2v) is 6.62. The van der Waals surface area contributed by atoms with E-state index in [1.165, 1.54) is 25.7 Å². The number of aromatic nitrogens is 4. The van der Waals surface area contributed by atoms with E-state index in [2.05, 4.69) is 52.9 Å². The number of hydrogen-bond donors (Lipinski definition) is 1. The van der Waals surface area contributed by atoms with Gasteiger partial charge in [0.25, 0.3) is 0 Å². The van der Waals surface area contributed by atoms with Crippen molar-refractivity contribution in [2.45, 2.75) is 52.5 Å². The standard InChI is InChI=1S/C16H23N5/c1-12-18-19-20-21(12)14-8-6-7-13(11-14)17-15-9-4-5-10-16(15,2)3/h6-8,11,15,17H,4-5,9-10H2,1-3H3. The maximum absolute atomic E-state index is 4.03. The van der Waals surface area contributed by atoms with Gasteiger partial charge in [0.2, 0.25) is 0 Å². The SMILES string of the molecule is Cc1nnnn1-c1cccc(NC2CCCCC2(C)C)c1. The number of rotatable bonds is 3. The maximum Gasteiger partial charge on any atom is 0.153 e. The fraction of sp³-hybridized carbons (Fsp3) is 0.562. The highest BCUT2D eigenvalue weighted by molar-refractivity contribution is 5.51. The van der Waals surface area contributed by atoms with Crippen molar-refractivity contribution in [3.63, 3.8) is 0 Å². The average molecular weight is 285 g/mol. The van der Waals surface area contributed by atoms with Crippen LogP contribution >= 0.6 is 0 Å². The lowest BCUT2D eigenvalue weighted by atomic mass is 9.73. The molecule has 2 aromatic rings. The third-order valence-corrected chi connectivity index (χ3v) is 4.56. The number of aryl methyl sites for hydroxylation is 1. The topological polar surface area (TPSA) is 55.6 Å². The quantitative estimate of drug-likeness (QED) is 0.939. The fourth-order valence-corrected chi connectivity index (χ4v) is 3.16. The lowest BCUT2D eigenvalue weighted by molar-refractivity contribution is 0.217. The number of tetrazole rings is 1. The molecule has 21 heavy (non-hydrogen) atoms. The van der Waals surface area contributed by atoms with Crippen LogP contribution in [0.5, 0.6) is 0 Å². The third kappa shape index (κ3) is 2.91. The van der Waals surface area contributed by atoms with Gasteiger partial charge in [-0.2, -0.15) is 4.68 Å². The van der Waals surface area contributed by atoms with Gasteiger partial charge in [0.1, 0.15) is 0 Å². The van der Waals surface area contributed by atoms with Crippen LogP contribution in [0.4, 0.5) is 5.69 Å². The lowest BCUT2D eigenvalue weighted by Gasteiger charge is -2.39. The number of nitrogens with zero attached hydrogens (tertiary/aromatic N) is 4. The Labute approximate surface area is 125 Å². The van der Waals surface area contributed by atoms with Gasteiger partial charge in [-0.15, -0.1) is 5.10 Å². The van der Waals surface area contributed by atoms with Crippen LogP contribution in [-0.4, -0.2) is 26.2 Å². The van der Waals surface area contributed by atoms with Crippen molar-refractivity contribution in [2.75, 3.05) is 5.32 Å². The van der Waals surface area contributed by atoms with Crippen LogP contribution in [0.15, 0.2) is 24.3 Å². The van der Waals surface area contributed by atoms with Crippen LogP contribution in [0, 0.1) is 12.3 Å². The third-order valence-electron chi connectivity index (χ3n) is 4.56. The molecule has 5 nitrogen and oxygen atoms in total. The molecule has 0 aliphatic heterocycles. The Balaban J connectivity index is 1.82. The van der Waals surface area contributed by atoms with Crippen LogP contribution in [0.3, 0.4) is 0 Å². The van der Waals surface area contributed by atoms with Gasteiger partial charge in [-0.05, 0) is 53.8 Å². The Morgan fingerprint density at radius 2 is 2.14 bits per heavy atom. The predicted molar refractivity (Wildman–Crippen MR) is 83.6 cm³/mol. The summed E-state index contributed by atoms with van der Waals surface area (Å²) in [6, 6.07) is 8.84. The molecule has 1 aliphatic rings. The molecule has 1 aliphatic carbocycles. The van der Waals surface area contributed by atoms with Gasteiger partial charge in [0, 0.05) is 11.7 Å². The zero-order valence-corrected chi connectivity index (χ0v) is 13.0. The molecule has 5 heteroatoms. The molecule has 0 saturated heterocycles. The van der Waals surface area contributed by atoms with Crippen molar-refractivity contribution in [2.24, 2.45) is 5.41 Å². The Hall–Kier alpha value is -1.91. The Morgan fingerprint density at radius 1 is 1.29 bits per heavy atom. The zero-order chi connectivity index (χ0) is 14.9. The summed E-state index contributed by atoms with van der Waals surface area (Å²) < 4.78 is 1.76. The number of benzene rings is 1. The zero-order valence-electron chi connectivity index (χ0n) is 13.0. The van der Waals surface area contributed by atoms with E-state index in [9.17, 15) is 0 Å². The summed E-state index contributed by atoms with van der Waals surface area (Å²) in [7, 11) is 0. The summed E-state index contributed by atoms with van der Waals surface area (Å²) in [5.74, 6) is 0.796. The van der Waals surface area contributed by atoms with E-state index in [1.54, 1.807) is 4.68 Å². The minimum Gasteiger partial charge on any atom is -0.382 e. The van der Waals surface area contributed by atoms with E-state index in [0.29, 0.717) is 11.5 Å². The van der Waals surface area contributed by atoms with Gasteiger partial charge in [-0.1, -0.05) is 32.8 Å². The largest absolute Gasteiger partial charge is 0.382 e. The number of nitrogens with one attached hydrogen (secondary N) is 1. The van der Waals surface area contributed by atoms with Crippen LogP contribution in [0.1, 0.15) is 45.4 Å². The second-order valence-electron chi connectivity index (χ2n) is 6.62. The molecule has 1 fully saturated rings. The van der Waals surface area contributed by atoms with E-state index in [1.807, 2.05) is 13.0 Å². The smallest absolute Gasteiger partial charge is 0.153 e. The van der Waals surface area contributed by atoms with E-state index in [-0.39, 0.29) is 0 Å². The van der Waals surface area contributed by atoms with E-state index in [0.717, 1.165) is 17.2 Å². The minimum atomic E-state index is 0.346. The van der Waals surface area contributed by atoms with E-state index >= 15 is 0 Å². The molecule has 112 valence electrons. The first-order valence-electron chi connectivity index (χ1n) is 7.68. The molecule has 1 unspecified atom stereocenters. The molecule has 1 N–H and O–H groups in total. The van der Waals surface area contributed by atoms with Crippen LogP contribution in [0.25, 0.3) is 5.69 Å². The van der Waals surface area contributed by atoms with Gasteiger partial charge < -0.3 is 5.32 Å². The summed E-state index contributed by atoms with van der Waals surface area (Å²) in [5, 5.41) is 15.4. The molecule has 1 aromatic heterocycles. The molecule has 1 aromatic carbocycles. The van der Waals surface area contributed by atoms with E-state index < -0.39 is 0 Å². The van der Waals surface area contributed by atoms with Crippen LogP contribution < -0.4 is 5.32 Å². The van der Waals surface area contributed by atoms with Crippen LogP contribution in [-0.2, 0) is 0 Å². The molecule has 1 atom stereocenters. The van der Waals surface area contributed by atoms with Gasteiger partial charge in [0.05, 0.1) is 5.69 Å². The predicted octanol–water partition coefficient (Wildman–Crippen LogP) is 3.35. The average Bonchev–Trinajstić information content (AvgIpc) is 2.88. The number of hydrogen-bond acceptors (Lipinski definition) is 4. The lowest BCUT2D eigenvalue weighted by Crippen LogP contribution is -2.38. The van der Waals surface area contributed by atoms with Gasteiger partial charge in [-0.3, -0.25) is 0 Å². The Bertz CT molecular complexity index is 617. The summed E-state index contributed by atoms with van der Waals surface area (Å²) >= 11 is 0. The molecule has 0 bridgehead atoms. The van der Waals surface area contributed by atoms with Crippen molar-refractivity contribution in [1.29, 1.82) is 0 Å². The normalized spacial score (nSPS) is 21.2. The maximum atomic E-state index is 4.03. The van der Waals surface area contributed by atoms with Crippen molar-refractivity contribution in [3.05, 3.63) is 30.1 Å². The van der Waals surface area contributed by atoms with Crippen molar-refractivity contribution in [3.8, 4) is 5.69 Å². The Morgan fingerprint density at radius 3 is 2.86 bits per heavy atom. The number of anilines is 1. The van der Waals surface area contributed by atoms with Gasteiger partial charge in [0.15, 0.2) is 5.82 Å². The summed E-state index contributed by atoms with van der Waals surface area (Å²) in [6.45, 7) is 6.63.